The highest BCUT2D eigenvalue weighted by molar-refractivity contribution is 4.44. The van der Waals surface area contributed by atoms with E-state index in [2.05, 4.69) is 55.4 Å². The van der Waals surface area contributed by atoms with E-state index < -0.39 is 0 Å². The van der Waals surface area contributed by atoms with Crippen molar-refractivity contribution in [3.05, 3.63) is 0 Å². The minimum Gasteiger partial charge on any atom is -0.870 e. The summed E-state index contributed by atoms with van der Waals surface area (Å²) in [4.78, 5) is 0. The average molecular weight is 351 g/mol. The maximum atomic E-state index is 2.31. The van der Waals surface area contributed by atoms with Crippen LogP contribution in [-0.2, 0) is 0 Å². The Balaban J connectivity index is -0.000000162. The van der Waals surface area contributed by atoms with E-state index in [-0.39, 0.29) is 11.0 Å². The Morgan fingerprint density at radius 1 is 0.375 bits per heavy atom. The van der Waals surface area contributed by atoms with Gasteiger partial charge in [-0.2, -0.15) is 0 Å². The third-order valence-corrected chi connectivity index (χ3v) is 5.48. The minimum absolute atomic E-state index is 0. The summed E-state index contributed by atoms with van der Waals surface area (Å²) in [6.07, 6.45) is 5.33. The van der Waals surface area contributed by atoms with Gasteiger partial charge in [0.05, 0.1) is 52.4 Å². The summed E-state index contributed by atoms with van der Waals surface area (Å²) >= 11 is 0. The molecule has 0 amide bonds. The van der Waals surface area contributed by atoms with Crippen molar-refractivity contribution in [2.24, 2.45) is 0 Å². The van der Waals surface area contributed by atoms with Crippen molar-refractivity contribution < 1.29 is 19.9 Å². The fraction of sp³-hybridized carbons (Fsp3) is 1.00. The lowest BCUT2D eigenvalue weighted by Gasteiger charge is -2.38. The molecule has 24 heavy (non-hydrogen) atoms. The van der Waals surface area contributed by atoms with Crippen LogP contribution in [-0.4, -0.2) is 72.3 Å². The van der Waals surface area contributed by atoms with Crippen molar-refractivity contribution in [2.75, 3.05) is 52.4 Å². The second-order valence-corrected chi connectivity index (χ2v) is 6.84. The number of quaternary nitrogens is 2. The number of nitrogens with zero attached hydrogens (tertiary/aromatic N) is 2. The van der Waals surface area contributed by atoms with E-state index in [1.165, 1.54) is 87.0 Å². The molecule has 0 fully saturated rings. The average Bonchev–Trinajstić information content (AvgIpc) is 2.52. The first-order valence-electron chi connectivity index (χ1n) is 10.2. The SMILES string of the molecule is CCC[N+](CCC)(CCC)CCC.CC[N+](CC)(CC)CC.[OH-].[OH-]. The smallest absolute Gasteiger partial charge is 0.0783 e. The lowest BCUT2D eigenvalue weighted by molar-refractivity contribution is -0.928. The Morgan fingerprint density at radius 2 is 0.583 bits per heavy atom. The third-order valence-electron chi connectivity index (χ3n) is 5.48. The molecule has 2 N–H and O–H groups in total. The monoisotopic (exact) mass is 350 g/mol. The molecule has 0 spiro atoms. The predicted molar refractivity (Wildman–Crippen MR) is 107 cm³/mol. The van der Waals surface area contributed by atoms with Crippen LogP contribution >= 0.6 is 0 Å². The highest BCUT2D eigenvalue weighted by atomic mass is 16.0. The zero-order chi connectivity index (χ0) is 17.5. The molecule has 0 unspecified atom stereocenters. The molecular weight excluding hydrogens is 300 g/mol. The fourth-order valence-electron chi connectivity index (χ4n) is 3.91. The van der Waals surface area contributed by atoms with Crippen LogP contribution in [0, 0.1) is 0 Å². The van der Waals surface area contributed by atoms with Gasteiger partial charge < -0.3 is 19.9 Å². The van der Waals surface area contributed by atoms with Gasteiger partial charge in [0.2, 0.25) is 0 Å². The van der Waals surface area contributed by atoms with E-state index in [0.717, 1.165) is 0 Å². The highest BCUT2D eigenvalue weighted by Gasteiger charge is 2.22. The molecule has 0 saturated carbocycles. The van der Waals surface area contributed by atoms with E-state index in [1.54, 1.807) is 0 Å². The minimum atomic E-state index is 0. The Bertz CT molecular complexity index is 185. The van der Waals surface area contributed by atoms with Crippen LogP contribution in [0.25, 0.3) is 0 Å². The molecule has 0 aliphatic heterocycles. The summed E-state index contributed by atoms with van der Waals surface area (Å²) in [6.45, 7) is 29.0. The molecule has 152 valence electrons. The van der Waals surface area contributed by atoms with Gasteiger partial charge in [-0.25, -0.2) is 0 Å². The summed E-state index contributed by atoms with van der Waals surface area (Å²) in [7, 11) is 0. The molecule has 0 aliphatic rings. The van der Waals surface area contributed by atoms with E-state index in [0.29, 0.717) is 0 Å². The number of rotatable bonds is 12. The molecule has 0 atom stereocenters. The van der Waals surface area contributed by atoms with Crippen LogP contribution < -0.4 is 0 Å². The van der Waals surface area contributed by atoms with Crippen LogP contribution in [0.3, 0.4) is 0 Å². The van der Waals surface area contributed by atoms with Gasteiger partial charge >= 0.3 is 0 Å². The number of hydrogen-bond donors (Lipinski definition) is 0. The van der Waals surface area contributed by atoms with E-state index >= 15 is 0 Å². The van der Waals surface area contributed by atoms with Gasteiger partial charge in [0.15, 0.2) is 0 Å². The second-order valence-electron chi connectivity index (χ2n) is 6.84. The Kier molecular flexibility index (Phi) is 25.2. The fourth-order valence-corrected chi connectivity index (χ4v) is 3.91. The first-order chi connectivity index (χ1) is 10.5. The summed E-state index contributed by atoms with van der Waals surface area (Å²) in [5.41, 5.74) is 0. The third kappa shape index (κ3) is 12.2. The van der Waals surface area contributed by atoms with Crippen molar-refractivity contribution in [3.8, 4) is 0 Å². The lowest BCUT2D eigenvalue weighted by atomic mass is 10.2. The van der Waals surface area contributed by atoms with E-state index in [4.69, 9.17) is 0 Å². The summed E-state index contributed by atoms with van der Waals surface area (Å²) in [5.74, 6) is 0. The maximum Gasteiger partial charge on any atom is 0.0783 e. The summed E-state index contributed by atoms with van der Waals surface area (Å²) in [5, 5.41) is 0. The number of hydrogen-bond acceptors (Lipinski definition) is 2. The Morgan fingerprint density at radius 3 is 0.667 bits per heavy atom. The summed E-state index contributed by atoms with van der Waals surface area (Å²) in [6, 6.07) is 0. The van der Waals surface area contributed by atoms with Crippen LogP contribution in [0.2, 0.25) is 0 Å². The quantitative estimate of drug-likeness (QED) is 0.466. The van der Waals surface area contributed by atoms with Crippen molar-refractivity contribution >= 4 is 0 Å². The van der Waals surface area contributed by atoms with Crippen LogP contribution in [0.5, 0.6) is 0 Å². The van der Waals surface area contributed by atoms with Gasteiger partial charge in [0.25, 0.3) is 0 Å². The lowest BCUT2D eigenvalue weighted by Crippen LogP contribution is -2.50. The van der Waals surface area contributed by atoms with Crippen molar-refractivity contribution in [1.29, 1.82) is 0 Å². The highest BCUT2D eigenvalue weighted by Crippen LogP contribution is 2.12. The largest absolute Gasteiger partial charge is 0.870 e. The molecule has 0 saturated heterocycles. The first-order valence-corrected chi connectivity index (χ1v) is 10.2. The molecule has 0 aliphatic carbocycles. The van der Waals surface area contributed by atoms with Gasteiger partial charge in [0.1, 0.15) is 0 Å². The van der Waals surface area contributed by atoms with Crippen molar-refractivity contribution in [3.63, 3.8) is 0 Å². The Labute approximate surface area is 154 Å². The molecule has 4 heteroatoms. The van der Waals surface area contributed by atoms with Gasteiger partial charge in [0, 0.05) is 0 Å². The van der Waals surface area contributed by atoms with Crippen LogP contribution in [0.4, 0.5) is 0 Å². The van der Waals surface area contributed by atoms with Gasteiger partial charge in [-0.15, -0.1) is 0 Å². The zero-order valence-corrected chi connectivity index (χ0v) is 18.3. The zero-order valence-electron chi connectivity index (χ0n) is 18.3. The molecule has 0 aromatic carbocycles. The maximum absolute atomic E-state index is 2.31. The topological polar surface area (TPSA) is 60.0 Å². The predicted octanol–water partition coefficient (Wildman–Crippen LogP) is 4.97. The van der Waals surface area contributed by atoms with E-state index in [9.17, 15) is 0 Å². The van der Waals surface area contributed by atoms with Crippen molar-refractivity contribution in [1.82, 2.24) is 0 Å². The molecule has 0 aromatic rings. The first kappa shape index (κ1) is 31.6. The summed E-state index contributed by atoms with van der Waals surface area (Å²) < 4.78 is 2.65. The van der Waals surface area contributed by atoms with Crippen molar-refractivity contribution in [2.45, 2.75) is 81.1 Å². The van der Waals surface area contributed by atoms with Crippen LogP contribution in [0.1, 0.15) is 81.1 Å². The molecular formula is C20H50N2O2. The molecule has 4 nitrogen and oxygen atoms in total. The molecule has 0 heterocycles. The molecule has 0 rings (SSSR count). The van der Waals surface area contributed by atoms with Gasteiger partial charge in [-0.1, -0.05) is 27.7 Å². The van der Waals surface area contributed by atoms with Gasteiger partial charge in [-0.3, -0.25) is 0 Å². The van der Waals surface area contributed by atoms with E-state index in [1.807, 2.05) is 0 Å². The molecule has 0 bridgehead atoms. The Hall–Kier alpha value is -0.160. The molecule has 0 aromatic heterocycles. The standard InChI is InChI=1S/C12H28N.C8H20N.2H2O/c1-5-9-13(10-6-2,11-7-3)12-8-4;1-5-9(6-2,7-3)8-4;;/h5-12H2,1-4H3;5-8H2,1-4H3;2*1H2/q2*+1;;/p-2. The molecule has 0 radical (unpaired) electrons. The van der Waals surface area contributed by atoms with Crippen LogP contribution in [0.15, 0.2) is 0 Å². The normalized spacial score (nSPS) is 11.0. The van der Waals surface area contributed by atoms with Gasteiger partial charge in [-0.05, 0) is 53.4 Å². The second kappa shape index (κ2) is 19.2.